The van der Waals surface area contributed by atoms with E-state index in [0.29, 0.717) is 12.3 Å². The molecule has 1 unspecified atom stereocenters. The van der Waals surface area contributed by atoms with Crippen LogP contribution in [0.1, 0.15) is 35.4 Å². The lowest BCUT2D eigenvalue weighted by atomic mass is 10.0. The molecule has 2 rings (SSSR count). The van der Waals surface area contributed by atoms with Crippen LogP contribution in [0.2, 0.25) is 0 Å². The number of hydrogen-bond donors (Lipinski definition) is 3. The van der Waals surface area contributed by atoms with Gasteiger partial charge in [0.05, 0.1) is 25.4 Å². The monoisotopic (exact) mass is 329 g/mol. The Balaban J connectivity index is 1.74. The lowest BCUT2D eigenvalue weighted by Gasteiger charge is -2.16. The third kappa shape index (κ3) is 5.46. The molecule has 6 nitrogen and oxygen atoms in total. The quantitative estimate of drug-likeness (QED) is 0.761. The van der Waals surface area contributed by atoms with Crippen molar-refractivity contribution in [1.82, 2.24) is 16.0 Å². The molecule has 1 heterocycles. The number of urea groups is 1. The number of rotatable bonds is 6. The minimum Gasteiger partial charge on any atom is -0.467 e. The molecule has 24 heavy (non-hydrogen) atoms. The average Bonchev–Trinajstić information content (AvgIpc) is 3.03. The van der Waals surface area contributed by atoms with Crippen molar-refractivity contribution in [1.29, 1.82) is 0 Å². The van der Waals surface area contributed by atoms with E-state index in [1.54, 1.807) is 18.4 Å². The summed E-state index contributed by atoms with van der Waals surface area (Å²) in [6.07, 6.45) is 1.54. The predicted molar refractivity (Wildman–Crippen MR) is 91.4 cm³/mol. The van der Waals surface area contributed by atoms with Gasteiger partial charge in [-0.2, -0.15) is 0 Å². The minimum atomic E-state index is -0.380. The van der Waals surface area contributed by atoms with Crippen molar-refractivity contribution in [2.45, 2.75) is 33.4 Å². The van der Waals surface area contributed by atoms with Gasteiger partial charge in [0.1, 0.15) is 5.76 Å². The van der Waals surface area contributed by atoms with Gasteiger partial charge in [-0.1, -0.05) is 29.3 Å². The molecule has 0 aliphatic carbocycles. The Morgan fingerprint density at radius 3 is 2.46 bits per heavy atom. The highest BCUT2D eigenvalue weighted by atomic mass is 16.3. The molecule has 1 atom stereocenters. The van der Waals surface area contributed by atoms with Crippen molar-refractivity contribution in [2.24, 2.45) is 0 Å². The van der Waals surface area contributed by atoms with Crippen molar-refractivity contribution in [2.75, 3.05) is 6.54 Å². The Morgan fingerprint density at radius 1 is 1.12 bits per heavy atom. The summed E-state index contributed by atoms with van der Waals surface area (Å²) in [6, 6.07) is 9.15. The van der Waals surface area contributed by atoms with E-state index in [4.69, 9.17) is 4.42 Å². The number of benzene rings is 1. The van der Waals surface area contributed by atoms with E-state index in [-0.39, 0.29) is 24.5 Å². The molecule has 0 saturated heterocycles. The first kappa shape index (κ1) is 17.6. The summed E-state index contributed by atoms with van der Waals surface area (Å²) in [6.45, 7) is 6.16. The van der Waals surface area contributed by atoms with Crippen LogP contribution in [0, 0.1) is 13.8 Å². The molecule has 3 N–H and O–H groups in total. The third-order valence-electron chi connectivity index (χ3n) is 3.54. The predicted octanol–water partition coefficient (Wildman–Crippen LogP) is 2.57. The molecule has 0 aliphatic rings. The second-order valence-electron chi connectivity index (χ2n) is 5.83. The van der Waals surface area contributed by atoms with Gasteiger partial charge < -0.3 is 20.4 Å². The molecule has 1 aromatic carbocycles. The van der Waals surface area contributed by atoms with Crippen molar-refractivity contribution >= 4 is 11.9 Å². The van der Waals surface area contributed by atoms with Crippen LogP contribution >= 0.6 is 0 Å². The van der Waals surface area contributed by atoms with E-state index in [0.717, 1.165) is 16.7 Å². The Morgan fingerprint density at radius 2 is 1.83 bits per heavy atom. The van der Waals surface area contributed by atoms with Crippen LogP contribution in [-0.2, 0) is 11.3 Å². The Kier molecular flexibility index (Phi) is 6.01. The zero-order chi connectivity index (χ0) is 17.5. The fourth-order valence-corrected chi connectivity index (χ4v) is 2.41. The Labute approximate surface area is 141 Å². The molecular formula is C18H23N3O3. The Hall–Kier alpha value is -2.76. The van der Waals surface area contributed by atoms with E-state index >= 15 is 0 Å². The number of carbonyl (C=O) groups is 2. The molecular weight excluding hydrogens is 306 g/mol. The summed E-state index contributed by atoms with van der Waals surface area (Å²) < 4.78 is 5.12. The van der Waals surface area contributed by atoms with Crippen molar-refractivity contribution in [3.8, 4) is 0 Å². The fraction of sp³-hybridized carbons (Fsp3) is 0.333. The normalized spacial score (nSPS) is 11.6. The van der Waals surface area contributed by atoms with Crippen LogP contribution in [-0.4, -0.2) is 18.5 Å². The first-order valence-electron chi connectivity index (χ1n) is 7.85. The van der Waals surface area contributed by atoms with E-state index < -0.39 is 0 Å². The summed E-state index contributed by atoms with van der Waals surface area (Å²) in [7, 11) is 0. The largest absolute Gasteiger partial charge is 0.467 e. The molecule has 0 radical (unpaired) electrons. The maximum Gasteiger partial charge on any atom is 0.315 e. The van der Waals surface area contributed by atoms with Crippen LogP contribution in [0.5, 0.6) is 0 Å². The number of amides is 3. The highest BCUT2D eigenvalue weighted by molar-refractivity contribution is 5.83. The first-order valence-corrected chi connectivity index (χ1v) is 7.85. The maximum absolute atomic E-state index is 11.9. The third-order valence-corrected chi connectivity index (χ3v) is 3.54. The molecule has 0 spiro atoms. The van der Waals surface area contributed by atoms with Crippen molar-refractivity contribution in [3.63, 3.8) is 0 Å². The van der Waals surface area contributed by atoms with Crippen LogP contribution in [0.15, 0.2) is 41.0 Å². The lowest BCUT2D eigenvalue weighted by Crippen LogP contribution is -2.42. The Bertz CT molecular complexity index is 675. The van der Waals surface area contributed by atoms with E-state index in [9.17, 15) is 9.59 Å². The van der Waals surface area contributed by atoms with Gasteiger partial charge in [-0.15, -0.1) is 0 Å². The topological polar surface area (TPSA) is 83.4 Å². The average molecular weight is 329 g/mol. The first-order chi connectivity index (χ1) is 11.4. The molecule has 1 aromatic heterocycles. The fourth-order valence-electron chi connectivity index (χ4n) is 2.41. The smallest absolute Gasteiger partial charge is 0.315 e. The second-order valence-corrected chi connectivity index (χ2v) is 5.83. The summed E-state index contributed by atoms with van der Waals surface area (Å²) in [4.78, 5) is 23.6. The molecule has 128 valence electrons. The lowest BCUT2D eigenvalue weighted by molar-refractivity contribution is -0.120. The van der Waals surface area contributed by atoms with Gasteiger partial charge in [0.25, 0.3) is 0 Å². The molecule has 0 saturated carbocycles. The summed E-state index contributed by atoms with van der Waals surface area (Å²) in [5.74, 6) is 0.386. The SMILES string of the molecule is Cc1cc(C)cc(C(C)NC(=O)NCC(=O)NCc2ccco2)c1. The maximum atomic E-state index is 11.9. The van der Waals surface area contributed by atoms with Gasteiger partial charge in [0, 0.05) is 0 Å². The van der Waals surface area contributed by atoms with Crippen LogP contribution in [0.25, 0.3) is 0 Å². The molecule has 6 heteroatoms. The van der Waals surface area contributed by atoms with Gasteiger partial charge in [0.15, 0.2) is 0 Å². The van der Waals surface area contributed by atoms with Gasteiger partial charge >= 0.3 is 6.03 Å². The van der Waals surface area contributed by atoms with Gasteiger partial charge in [-0.05, 0) is 38.5 Å². The molecule has 3 amide bonds. The van der Waals surface area contributed by atoms with Gasteiger partial charge in [-0.25, -0.2) is 4.79 Å². The number of aryl methyl sites for hydroxylation is 2. The number of hydrogen-bond acceptors (Lipinski definition) is 3. The van der Waals surface area contributed by atoms with Gasteiger partial charge in [-0.3, -0.25) is 4.79 Å². The molecule has 0 aliphatic heterocycles. The van der Waals surface area contributed by atoms with Crippen molar-refractivity contribution in [3.05, 3.63) is 59.0 Å². The number of carbonyl (C=O) groups excluding carboxylic acids is 2. The zero-order valence-corrected chi connectivity index (χ0v) is 14.2. The van der Waals surface area contributed by atoms with E-state index in [2.05, 4.69) is 22.0 Å². The molecule has 0 bridgehead atoms. The summed E-state index contributed by atoms with van der Waals surface area (Å²) >= 11 is 0. The molecule has 2 aromatic rings. The zero-order valence-electron chi connectivity index (χ0n) is 14.2. The van der Waals surface area contributed by atoms with Crippen LogP contribution < -0.4 is 16.0 Å². The summed E-state index contributed by atoms with van der Waals surface area (Å²) in [5.41, 5.74) is 3.33. The van der Waals surface area contributed by atoms with Gasteiger partial charge in [0.2, 0.25) is 5.91 Å². The number of furan rings is 1. The highest BCUT2D eigenvalue weighted by Gasteiger charge is 2.11. The van der Waals surface area contributed by atoms with Crippen LogP contribution in [0.4, 0.5) is 4.79 Å². The van der Waals surface area contributed by atoms with Crippen molar-refractivity contribution < 1.29 is 14.0 Å². The summed E-state index contributed by atoms with van der Waals surface area (Å²) in [5, 5.41) is 8.04. The van der Waals surface area contributed by atoms with E-state index in [1.165, 1.54) is 0 Å². The van der Waals surface area contributed by atoms with E-state index in [1.807, 2.05) is 32.9 Å². The minimum absolute atomic E-state index is 0.0912. The highest BCUT2D eigenvalue weighted by Crippen LogP contribution is 2.16. The second kappa shape index (κ2) is 8.19. The molecule has 0 fully saturated rings. The van der Waals surface area contributed by atoms with Crippen LogP contribution in [0.3, 0.4) is 0 Å². The number of nitrogens with one attached hydrogen (secondary N) is 3. The standard InChI is InChI=1S/C18H23N3O3/c1-12-7-13(2)9-15(8-12)14(3)21-18(23)20-11-17(22)19-10-16-5-4-6-24-16/h4-9,14H,10-11H2,1-3H3,(H,19,22)(H2,20,21,23).